The zero-order chi connectivity index (χ0) is 12.1. The van der Waals surface area contributed by atoms with Crippen LogP contribution in [0.4, 0.5) is 0 Å². The van der Waals surface area contributed by atoms with Crippen molar-refractivity contribution in [2.75, 3.05) is 13.2 Å². The summed E-state index contributed by atoms with van der Waals surface area (Å²) >= 11 is 5.95. The fraction of sp³-hybridized carbons (Fsp3) is 0.818. The van der Waals surface area contributed by atoms with Crippen molar-refractivity contribution in [3.63, 3.8) is 0 Å². The van der Waals surface area contributed by atoms with Crippen LogP contribution >= 0.6 is 11.6 Å². The van der Waals surface area contributed by atoms with Gasteiger partial charge in [0.1, 0.15) is 11.4 Å². The second-order valence-electron chi connectivity index (χ2n) is 3.92. The SMILES string of the molecule is CCOC(=O)C(C)N1CCCCC(Cl)C1=O. The van der Waals surface area contributed by atoms with Crippen molar-refractivity contribution in [1.82, 2.24) is 4.90 Å². The van der Waals surface area contributed by atoms with Crippen molar-refractivity contribution in [2.45, 2.75) is 44.5 Å². The van der Waals surface area contributed by atoms with Crippen LogP contribution in [0.2, 0.25) is 0 Å². The molecule has 92 valence electrons. The van der Waals surface area contributed by atoms with E-state index in [2.05, 4.69) is 0 Å². The lowest BCUT2D eigenvalue weighted by atomic mass is 10.2. The molecule has 2 unspecified atom stereocenters. The van der Waals surface area contributed by atoms with Gasteiger partial charge >= 0.3 is 5.97 Å². The van der Waals surface area contributed by atoms with E-state index >= 15 is 0 Å². The third kappa shape index (κ3) is 3.11. The summed E-state index contributed by atoms with van der Waals surface area (Å²) in [6.07, 6.45) is 2.50. The molecule has 0 bridgehead atoms. The molecule has 1 rings (SSSR count). The molecule has 1 saturated heterocycles. The molecule has 16 heavy (non-hydrogen) atoms. The maximum absolute atomic E-state index is 11.9. The number of esters is 1. The Morgan fingerprint density at radius 3 is 2.94 bits per heavy atom. The van der Waals surface area contributed by atoms with Crippen LogP contribution in [-0.2, 0) is 14.3 Å². The highest BCUT2D eigenvalue weighted by Gasteiger charge is 2.32. The number of nitrogens with zero attached hydrogens (tertiary/aromatic N) is 1. The highest BCUT2D eigenvalue weighted by molar-refractivity contribution is 6.30. The highest BCUT2D eigenvalue weighted by Crippen LogP contribution is 2.19. The van der Waals surface area contributed by atoms with E-state index in [4.69, 9.17) is 16.3 Å². The molecule has 0 aromatic carbocycles. The minimum atomic E-state index is -0.535. The van der Waals surface area contributed by atoms with Gasteiger partial charge < -0.3 is 9.64 Å². The Bertz CT molecular complexity index is 270. The van der Waals surface area contributed by atoms with Gasteiger partial charge in [-0.05, 0) is 33.1 Å². The van der Waals surface area contributed by atoms with Crippen LogP contribution in [-0.4, -0.2) is 41.3 Å². The minimum absolute atomic E-state index is 0.153. The Balaban J connectivity index is 2.68. The Morgan fingerprint density at radius 2 is 2.31 bits per heavy atom. The summed E-state index contributed by atoms with van der Waals surface area (Å²) in [6.45, 7) is 4.35. The van der Waals surface area contributed by atoms with Crippen molar-refractivity contribution in [3.8, 4) is 0 Å². The van der Waals surface area contributed by atoms with Crippen LogP contribution < -0.4 is 0 Å². The first-order chi connectivity index (χ1) is 7.57. The van der Waals surface area contributed by atoms with Crippen molar-refractivity contribution >= 4 is 23.5 Å². The Morgan fingerprint density at radius 1 is 1.62 bits per heavy atom. The molecule has 1 fully saturated rings. The summed E-state index contributed by atoms with van der Waals surface area (Å²) in [5.41, 5.74) is 0. The van der Waals surface area contributed by atoms with E-state index in [1.807, 2.05) is 0 Å². The van der Waals surface area contributed by atoms with Gasteiger partial charge in [0.05, 0.1) is 6.61 Å². The largest absolute Gasteiger partial charge is 0.464 e. The molecular formula is C11H18ClNO3. The molecule has 1 aliphatic rings. The summed E-state index contributed by atoms with van der Waals surface area (Å²) in [7, 11) is 0. The number of carbonyl (C=O) groups excluding carboxylic acids is 2. The molecule has 1 amide bonds. The zero-order valence-electron chi connectivity index (χ0n) is 9.74. The second-order valence-corrected chi connectivity index (χ2v) is 4.45. The number of ether oxygens (including phenoxy) is 1. The third-order valence-corrected chi connectivity index (χ3v) is 3.16. The van der Waals surface area contributed by atoms with Gasteiger partial charge in [0.15, 0.2) is 0 Å². The van der Waals surface area contributed by atoms with Gasteiger partial charge in [-0.25, -0.2) is 4.79 Å². The number of hydrogen-bond acceptors (Lipinski definition) is 3. The van der Waals surface area contributed by atoms with Gasteiger partial charge in [0.2, 0.25) is 5.91 Å². The topological polar surface area (TPSA) is 46.6 Å². The maximum Gasteiger partial charge on any atom is 0.328 e. The Labute approximate surface area is 101 Å². The summed E-state index contributed by atoms with van der Waals surface area (Å²) in [5, 5.41) is -0.501. The summed E-state index contributed by atoms with van der Waals surface area (Å²) in [6, 6.07) is -0.535. The first kappa shape index (κ1) is 13.3. The summed E-state index contributed by atoms with van der Waals surface area (Å²) in [4.78, 5) is 25.0. The second kappa shape index (κ2) is 6.09. The minimum Gasteiger partial charge on any atom is -0.464 e. The van der Waals surface area contributed by atoms with E-state index < -0.39 is 11.4 Å². The van der Waals surface area contributed by atoms with Gasteiger partial charge in [0.25, 0.3) is 0 Å². The van der Waals surface area contributed by atoms with Crippen LogP contribution in [0, 0.1) is 0 Å². The van der Waals surface area contributed by atoms with E-state index in [-0.39, 0.29) is 11.9 Å². The zero-order valence-corrected chi connectivity index (χ0v) is 10.5. The lowest BCUT2D eigenvalue weighted by molar-refractivity contribution is -0.153. The maximum atomic E-state index is 11.9. The molecule has 0 aromatic rings. The third-order valence-electron chi connectivity index (χ3n) is 2.75. The van der Waals surface area contributed by atoms with Crippen molar-refractivity contribution in [2.24, 2.45) is 0 Å². The quantitative estimate of drug-likeness (QED) is 0.562. The predicted molar refractivity (Wildman–Crippen MR) is 61.3 cm³/mol. The average Bonchev–Trinajstić information content (AvgIpc) is 2.42. The number of hydrogen-bond donors (Lipinski definition) is 0. The van der Waals surface area contributed by atoms with E-state index in [1.54, 1.807) is 13.8 Å². The molecule has 0 aromatic heterocycles. The number of likely N-dealkylation sites (tertiary alicyclic amines) is 1. The van der Waals surface area contributed by atoms with Crippen molar-refractivity contribution in [3.05, 3.63) is 0 Å². The van der Waals surface area contributed by atoms with Gasteiger partial charge in [-0.15, -0.1) is 11.6 Å². The van der Waals surface area contributed by atoms with Gasteiger partial charge in [0, 0.05) is 6.54 Å². The molecule has 0 N–H and O–H groups in total. The van der Waals surface area contributed by atoms with E-state index in [0.717, 1.165) is 12.8 Å². The molecule has 1 aliphatic heterocycles. The number of alkyl halides is 1. The van der Waals surface area contributed by atoms with Crippen LogP contribution in [0.15, 0.2) is 0 Å². The number of carbonyl (C=O) groups is 2. The molecule has 0 aliphatic carbocycles. The van der Waals surface area contributed by atoms with E-state index in [9.17, 15) is 9.59 Å². The monoisotopic (exact) mass is 247 g/mol. The molecule has 1 heterocycles. The van der Waals surface area contributed by atoms with Gasteiger partial charge in [-0.1, -0.05) is 0 Å². The van der Waals surface area contributed by atoms with E-state index in [1.165, 1.54) is 4.90 Å². The summed E-state index contributed by atoms with van der Waals surface area (Å²) in [5.74, 6) is -0.513. The lowest BCUT2D eigenvalue weighted by Gasteiger charge is -2.27. The van der Waals surface area contributed by atoms with E-state index in [0.29, 0.717) is 19.6 Å². The molecule has 0 spiro atoms. The molecule has 0 radical (unpaired) electrons. The van der Waals surface area contributed by atoms with Crippen LogP contribution in [0.25, 0.3) is 0 Å². The smallest absolute Gasteiger partial charge is 0.328 e. The van der Waals surface area contributed by atoms with Crippen molar-refractivity contribution in [1.29, 1.82) is 0 Å². The molecule has 4 nitrogen and oxygen atoms in total. The first-order valence-corrected chi connectivity index (χ1v) is 6.12. The highest BCUT2D eigenvalue weighted by atomic mass is 35.5. The average molecular weight is 248 g/mol. The van der Waals surface area contributed by atoms with Gasteiger partial charge in [-0.3, -0.25) is 4.79 Å². The van der Waals surface area contributed by atoms with Crippen molar-refractivity contribution < 1.29 is 14.3 Å². The first-order valence-electron chi connectivity index (χ1n) is 5.69. The number of amides is 1. The lowest BCUT2D eigenvalue weighted by Crippen LogP contribution is -2.46. The number of rotatable bonds is 3. The summed E-state index contributed by atoms with van der Waals surface area (Å²) < 4.78 is 4.91. The standard InChI is InChI=1S/C11H18ClNO3/c1-3-16-11(15)8(2)13-7-5-4-6-9(12)10(13)14/h8-9H,3-7H2,1-2H3. The molecular weight excluding hydrogens is 230 g/mol. The van der Waals surface area contributed by atoms with Gasteiger partial charge in [-0.2, -0.15) is 0 Å². The predicted octanol–water partition coefficient (Wildman–Crippen LogP) is 1.56. The normalized spacial score (nSPS) is 23.8. The fourth-order valence-electron chi connectivity index (χ4n) is 1.79. The molecule has 0 saturated carbocycles. The molecule has 5 heteroatoms. The van der Waals surface area contributed by atoms with Crippen LogP contribution in [0.1, 0.15) is 33.1 Å². The number of halogens is 1. The Hall–Kier alpha value is -0.770. The van der Waals surface area contributed by atoms with Crippen LogP contribution in [0.5, 0.6) is 0 Å². The molecule has 2 atom stereocenters. The van der Waals surface area contributed by atoms with Crippen LogP contribution in [0.3, 0.4) is 0 Å². The fourth-order valence-corrected chi connectivity index (χ4v) is 2.07. The Kier molecular flexibility index (Phi) is 5.06.